The van der Waals surface area contributed by atoms with Crippen molar-refractivity contribution >= 4 is 22.5 Å². The van der Waals surface area contributed by atoms with E-state index in [-0.39, 0.29) is 6.04 Å². The van der Waals surface area contributed by atoms with Gasteiger partial charge in [-0.05, 0) is 34.0 Å². The first-order chi connectivity index (χ1) is 12.9. The Morgan fingerprint density at radius 2 is 1.27 bits per heavy atom. The Kier molecular flexibility index (Phi) is 4.79. The summed E-state index contributed by atoms with van der Waals surface area (Å²) >= 11 is 0. The van der Waals surface area contributed by atoms with E-state index in [0.717, 1.165) is 5.69 Å². The number of hydrogen-bond donors (Lipinski definition) is 1. The molecule has 0 bridgehead atoms. The molecule has 0 heterocycles. The molecule has 0 fully saturated rings. The highest BCUT2D eigenvalue weighted by molar-refractivity contribution is 5.86. The average Bonchev–Trinajstić information content (AvgIpc) is 2.72. The van der Waals surface area contributed by atoms with E-state index in [1.807, 2.05) is 12.1 Å². The summed E-state index contributed by atoms with van der Waals surface area (Å²) in [6.07, 6.45) is 4.42. The summed E-state index contributed by atoms with van der Waals surface area (Å²) in [7, 11) is 0. The zero-order chi connectivity index (χ0) is 17.6. The monoisotopic (exact) mass is 335 g/mol. The molecule has 0 spiro atoms. The fraction of sp³-hybridized carbons (Fsp3) is 0.0400. The van der Waals surface area contributed by atoms with Gasteiger partial charge in [-0.3, -0.25) is 0 Å². The first-order valence-corrected chi connectivity index (χ1v) is 8.93. The van der Waals surface area contributed by atoms with Crippen LogP contribution in [0.1, 0.15) is 17.2 Å². The lowest BCUT2D eigenvalue weighted by molar-refractivity contribution is 1.00. The summed E-state index contributed by atoms with van der Waals surface area (Å²) in [5, 5.41) is 6.21. The minimum Gasteiger partial charge on any atom is -0.375 e. The van der Waals surface area contributed by atoms with Crippen molar-refractivity contribution in [2.24, 2.45) is 0 Å². The molecule has 1 nitrogen and oxygen atoms in total. The first-order valence-electron chi connectivity index (χ1n) is 8.93. The van der Waals surface area contributed by atoms with Gasteiger partial charge >= 0.3 is 0 Å². The van der Waals surface area contributed by atoms with Crippen molar-refractivity contribution < 1.29 is 0 Å². The van der Waals surface area contributed by atoms with E-state index in [1.165, 1.54) is 21.9 Å². The van der Waals surface area contributed by atoms with E-state index in [4.69, 9.17) is 0 Å². The van der Waals surface area contributed by atoms with Gasteiger partial charge in [-0.1, -0.05) is 103 Å². The molecule has 0 aliphatic carbocycles. The Morgan fingerprint density at radius 3 is 2.08 bits per heavy atom. The summed E-state index contributed by atoms with van der Waals surface area (Å²) in [5.41, 5.74) is 3.59. The fourth-order valence-corrected chi connectivity index (χ4v) is 3.24. The van der Waals surface area contributed by atoms with E-state index in [1.54, 1.807) is 0 Å². The van der Waals surface area contributed by atoms with Crippen LogP contribution in [0.5, 0.6) is 0 Å². The summed E-state index contributed by atoms with van der Waals surface area (Å²) in [4.78, 5) is 0. The molecule has 1 atom stereocenters. The maximum atomic E-state index is 3.67. The second kappa shape index (κ2) is 7.71. The third-order valence-corrected chi connectivity index (χ3v) is 4.54. The number of rotatable bonds is 5. The summed E-state index contributed by atoms with van der Waals surface area (Å²) in [6.45, 7) is 0. The van der Waals surface area contributed by atoms with E-state index in [9.17, 15) is 0 Å². The summed E-state index contributed by atoms with van der Waals surface area (Å²) in [5.74, 6) is 0. The van der Waals surface area contributed by atoms with Gasteiger partial charge in [0.2, 0.25) is 0 Å². The Bertz CT molecular complexity index is 998. The van der Waals surface area contributed by atoms with Crippen LogP contribution in [0.15, 0.2) is 109 Å². The molecule has 0 aliphatic rings. The van der Waals surface area contributed by atoms with E-state index >= 15 is 0 Å². The second-order valence-electron chi connectivity index (χ2n) is 6.33. The van der Waals surface area contributed by atoms with Crippen molar-refractivity contribution in [2.75, 3.05) is 5.32 Å². The topological polar surface area (TPSA) is 12.0 Å². The van der Waals surface area contributed by atoms with Crippen molar-refractivity contribution in [2.45, 2.75) is 6.04 Å². The van der Waals surface area contributed by atoms with Crippen LogP contribution in [-0.4, -0.2) is 0 Å². The maximum absolute atomic E-state index is 3.67. The minimum absolute atomic E-state index is 0.0868. The van der Waals surface area contributed by atoms with Crippen molar-refractivity contribution in [3.63, 3.8) is 0 Å². The van der Waals surface area contributed by atoms with Crippen LogP contribution in [0.25, 0.3) is 16.8 Å². The summed E-state index contributed by atoms with van der Waals surface area (Å²) in [6, 6.07) is 35.9. The molecule has 0 radical (unpaired) electrons. The molecular weight excluding hydrogens is 314 g/mol. The predicted molar refractivity (Wildman–Crippen MR) is 112 cm³/mol. The van der Waals surface area contributed by atoms with Crippen LogP contribution in [0.4, 0.5) is 5.69 Å². The van der Waals surface area contributed by atoms with Gasteiger partial charge in [0.1, 0.15) is 0 Å². The highest BCUT2D eigenvalue weighted by Crippen LogP contribution is 2.28. The fourth-order valence-electron chi connectivity index (χ4n) is 3.24. The molecule has 1 heteroatoms. The standard InChI is InChI=1S/C25H21N/c1-3-10-20(11-4-1)18-19-25(26-22-14-5-2-6-15-22)24-17-9-13-21-12-7-8-16-23(21)24/h1-19,25-26H. The number of nitrogens with one attached hydrogen (secondary N) is 1. The number of benzene rings is 4. The number of anilines is 1. The molecule has 0 saturated carbocycles. The molecule has 126 valence electrons. The Hall–Kier alpha value is -3.32. The Balaban J connectivity index is 1.75. The quantitative estimate of drug-likeness (QED) is 0.427. The average molecular weight is 335 g/mol. The van der Waals surface area contributed by atoms with Gasteiger partial charge in [0.25, 0.3) is 0 Å². The molecular formula is C25H21N. The van der Waals surface area contributed by atoms with Crippen LogP contribution in [0.2, 0.25) is 0 Å². The molecule has 1 N–H and O–H groups in total. The lowest BCUT2D eigenvalue weighted by Crippen LogP contribution is -2.08. The summed E-state index contributed by atoms with van der Waals surface area (Å²) < 4.78 is 0. The minimum atomic E-state index is 0.0868. The van der Waals surface area contributed by atoms with Crippen molar-refractivity contribution in [1.82, 2.24) is 0 Å². The predicted octanol–water partition coefficient (Wildman–Crippen LogP) is 6.71. The van der Waals surface area contributed by atoms with Crippen LogP contribution in [0.3, 0.4) is 0 Å². The first kappa shape index (κ1) is 16.2. The highest BCUT2D eigenvalue weighted by Gasteiger charge is 2.11. The van der Waals surface area contributed by atoms with Crippen LogP contribution in [-0.2, 0) is 0 Å². The number of hydrogen-bond acceptors (Lipinski definition) is 1. The molecule has 0 amide bonds. The van der Waals surface area contributed by atoms with Gasteiger partial charge in [0.15, 0.2) is 0 Å². The smallest absolute Gasteiger partial charge is 0.0707 e. The van der Waals surface area contributed by atoms with Gasteiger partial charge in [-0.25, -0.2) is 0 Å². The van der Waals surface area contributed by atoms with Crippen molar-refractivity contribution in [3.05, 3.63) is 120 Å². The SMILES string of the molecule is C(=CC(Nc1ccccc1)c1cccc2ccccc12)c1ccccc1. The van der Waals surface area contributed by atoms with Crippen LogP contribution in [0, 0.1) is 0 Å². The lowest BCUT2D eigenvalue weighted by Gasteiger charge is -2.19. The van der Waals surface area contributed by atoms with Gasteiger partial charge in [0.05, 0.1) is 6.04 Å². The third kappa shape index (κ3) is 3.68. The Morgan fingerprint density at radius 1 is 0.615 bits per heavy atom. The van der Waals surface area contributed by atoms with E-state index in [0.29, 0.717) is 0 Å². The lowest BCUT2D eigenvalue weighted by atomic mass is 9.97. The third-order valence-electron chi connectivity index (χ3n) is 4.54. The highest BCUT2D eigenvalue weighted by atomic mass is 14.9. The van der Waals surface area contributed by atoms with E-state index in [2.05, 4.69) is 108 Å². The molecule has 4 aromatic rings. The second-order valence-corrected chi connectivity index (χ2v) is 6.33. The normalized spacial score (nSPS) is 12.3. The Labute approximate surface area is 154 Å². The number of para-hydroxylation sites is 1. The molecule has 0 aliphatic heterocycles. The molecule has 1 unspecified atom stereocenters. The zero-order valence-electron chi connectivity index (χ0n) is 14.5. The van der Waals surface area contributed by atoms with Gasteiger partial charge < -0.3 is 5.32 Å². The molecule has 4 rings (SSSR count). The zero-order valence-corrected chi connectivity index (χ0v) is 14.5. The molecule has 26 heavy (non-hydrogen) atoms. The van der Waals surface area contributed by atoms with Crippen molar-refractivity contribution in [3.8, 4) is 0 Å². The van der Waals surface area contributed by atoms with Crippen LogP contribution >= 0.6 is 0 Å². The van der Waals surface area contributed by atoms with Gasteiger partial charge in [0, 0.05) is 5.69 Å². The van der Waals surface area contributed by atoms with Crippen molar-refractivity contribution in [1.29, 1.82) is 0 Å². The largest absolute Gasteiger partial charge is 0.375 e. The maximum Gasteiger partial charge on any atom is 0.0707 e. The van der Waals surface area contributed by atoms with Gasteiger partial charge in [-0.15, -0.1) is 0 Å². The van der Waals surface area contributed by atoms with E-state index < -0.39 is 0 Å². The number of fused-ring (bicyclic) bond motifs is 1. The van der Waals surface area contributed by atoms with Crippen LogP contribution < -0.4 is 5.32 Å². The van der Waals surface area contributed by atoms with Gasteiger partial charge in [-0.2, -0.15) is 0 Å². The molecule has 0 aromatic heterocycles. The molecule has 0 saturated heterocycles. The molecule has 4 aromatic carbocycles.